The topological polar surface area (TPSA) is 40.6 Å². The molecular weight excluding hydrogens is 242 g/mol. The molecular formula is C12H12ClNO3. The number of benzene rings is 1. The molecule has 0 amide bonds. The van der Waals surface area contributed by atoms with Crippen LogP contribution in [-0.2, 0) is 0 Å². The zero-order chi connectivity index (χ0) is 12.4. The number of halogens is 1. The third-order valence-corrected chi connectivity index (χ3v) is 2.82. The number of hydrogen-bond donors (Lipinski definition) is 0. The van der Waals surface area contributed by atoms with Gasteiger partial charge >= 0.3 is 0 Å². The first-order chi connectivity index (χ1) is 8.22. The van der Waals surface area contributed by atoms with E-state index in [1.54, 1.807) is 39.7 Å². The predicted octanol–water partition coefficient (Wildman–Crippen LogP) is 2.91. The molecule has 0 aliphatic carbocycles. The summed E-state index contributed by atoms with van der Waals surface area (Å²) in [4.78, 5) is 4.25. The summed E-state index contributed by atoms with van der Waals surface area (Å²) in [6, 6.07) is 3.50. The summed E-state index contributed by atoms with van der Waals surface area (Å²) in [7, 11) is 4.67. The second-order valence-electron chi connectivity index (χ2n) is 3.33. The van der Waals surface area contributed by atoms with Gasteiger partial charge < -0.3 is 14.2 Å². The van der Waals surface area contributed by atoms with Gasteiger partial charge in [-0.25, -0.2) is 0 Å². The van der Waals surface area contributed by atoms with Crippen LogP contribution in [0.5, 0.6) is 17.2 Å². The van der Waals surface area contributed by atoms with Crippen LogP contribution in [0.3, 0.4) is 0 Å². The maximum atomic E-state index is 6.12. The number of methoxy groups -OCH3 is 3. The Balaban J connectivity index is 2.88. The highest BCUT2D eigenvalue weighted by Gasteiger charge is 2.17. The fraction of sp³-hybridized carbons (Fsp3) is 0.250. The van der Waals surface area contributed by atoms with Crippen LogP contribution in [0.15, 0.2) is 18.3 Å². The minimum absolute atomic E-state index is 0.511. The summed E-state index contributed by atoms with van der Waals surface area (Å²) in [5, 5.41) is 1.36. The maximum Gasteiger partial charge on any atom is 0.205 e. The third kappa shape index (κ3) is 1.85. The van der Waals surface area contributed by atoms with Crippen molar-refractivity contribution in [2.75, 3.05) is 21.3 Å². The lowest BCUT2D eigenvalue weighted by molar-refractivity contribution is 0.327. The van der Waals surface area contributed by atoms with Gasteiger partial charge in [-0.2, -0.15) is 0 Å². The summed E-state index contributed by atoms with van der Waals surface area (Å²) in [6.07, 6.45) is 1.62. The molecule has 0 N–H and O–H groups in total. The largest absolute Gasteiger partial charge is 0.493 e. The van der Waals surface area contributed by atoms with E-state index in [1.807, 2.05) is 0 Å². The number of pyridine rings is 1. The predicted molar refractivity (Wildman–Crippen MR) is 66.4 cm³/mol. The second kappa shape index (κ2) is 4.67. The lowest BCUT2D eigenvalue weighted by Crippen LogP contribution is -1.97. The Morgan fingerprint density at radius 2 is 1.76 bits per heavy atom. The van der Waals surface area contributed by atoms with Crippen molar-refractivity contribution in [1.29, 1.82) is 0 Å². The zero-order valence-corrected chi connectivity index (χ0v) is 10.5. The lowest BCUT2D eigenvalue weighted by atomic mass is 10.1. The van der Waals surface area contributed by atoms with Crippen molar-refractivity contribution in [1.82, 2.24) is 4.98 Å². The number of nitrogens with zero attached hydrogens (tertiary/aromatic N) is 1. The molecule has 0 aliphatic heterocycles. The van der Waals surface area contributed by atoms with Crippen molar-refractivity contribution in [3.63, 3.8) is 0 Å². The maximum absolute atomic E-state index is 6.12. The number of hydrogen-bond acceptors (Lipinski definition) is 4. The average molecular weight is 254 g/mol. The molecule has 2 aromatic rings. The first-order valence-corrected chi connectivity index (χ1v) is 5.34. The molecule has 0 saturated carbocycles. The van der Waals surface area contributed by atoms with Crippen LogP contribution in [-0.4, -0.2) is 26.3 Å². The Hall–Kier alpha value is -1.68. The number of rotatable bonds is 3. The summed E-state index contributed by atoms with van der Waals surface area (Å²) in [5.41, 5.74) is 0.651. The normalized spacial score (nSPS) is 10.4. The molecule has 90 valence electrons. The van der Waals surface area contributed by atoms with E-state index in [2.05, 4.69) is 4.98 Å². The Kier molecular flexibility index (Phi) is 3.24. The SMILES string of the molecule is COc1cc2c(Cl)ccnc2c(OC)c1OC. The van der Waals surface area contributed by atoms with E-state index >= 15 is 0 Å². The van der Waals surface area contributed by atoms with E-state index in [-0.39, 0.29) is 0 Å². The van der Waals surface area contributed by atoms with E-state index in [4.69, 9.17) is 25.8 Å². The minimum Gasteiger partial charge on any atom is -0.493 e. The van der Waals surface area contributed by atoms with E-state index in [1.165, 1.54) is 0 Å². The van der Waals surface area contributed by atoms with Crippen molar-refractivity contribution < 1.29 is 14.2 Å². The van der Waals surface area contributed by atoms with E-state index < -0.39 is 0 Å². The van der Waals surface area contributed by atoms with E-state index in [9.17, 15) is 0 Å². The Morgan fingerprint density at radius 1 is 1.06 bits per heavy atom. The van der Waals surface area contributed by atoms with Gasteiger partial charge in [0.05, 0.1) is 26.4 Å². The van der Waals surface area contributed by atoms with Crippen molar-refractivity contribution in [2.24, 2.45) is 0 Å². The first-order valence-electron chi connectivity index (χ1n) is 4.96. The zero-order valence-electron chi connectivity index (χ0n) is 9.78. The Labute approximate surface area is 104 Å². The molecule has 0 bridgehead atoms. The first kappa shape index (κ1) is 11.8. The van der Waals surface area contributed by atoms with Crippen LogP contribution in [0.25, 0.3) is 10.9 Å². The molecule has 0 fully saturated rings. The molecule has 2 rings (SSSR count). The van der Waals surface area contributed by atoms with Crippen LogP contribution >= 0.6 is 11.6 Å². The molecule has 0 atom stereocenters. The van der Waals surface area contributed by atoms with Gasteiger partial charge in [-0.1, -0.05) is 11.6 Å². The number of fused-ring (bicyclic) bond motifs is 1. The highest BCUT2D eigenvalue weighted by molar-refractivity contribution is 6.35. The summed E-state index contributed by atoms with van der Waals surface area (Å²) < 4.78 is 15.8. The second-order valence-corrected chi connectivity index (χ2v) is 3.74. The Morgan fingerprint density at radius 3 is 2.35 bits per heavy atom. The van der Waals surface area contributed by atoms with Gasteiger partial charge in [0.15, 0.2) is 11.5 Å². The molecule has 0 aliphatic rings. The van der Waals surface area contributed by atoms with Crippen LogP contribution in [0.4, 0.5) is 0 Å². The molecule has 5 heteroatoms. The molecule has 0 radical (unpaired) electrons. The fourth-order valence-electron chi connectivity index (χ4n) is 1.72. The van der Waals surface area contributed by atoms with Crippen LogP contribution in [0, 0.1) is 0 Å². The van der Waals surface area contributed by atoms with E-state index in [0.717, 1.165) is 5.39 Å². The average Bonchev–Trinajstić information content (AvgIpc) is 2.36. The molecule has 0 unspecified atom stereocenters. The van der Waals surface area contributed by atoms with Crippen molar-refractivity contribution >= 4 is 22.5 Å². The molecule has 0 spiro atoms. The molecule has 0 saturated heterocycles. The van der Waals surface area contributed by atoms with Crippen molar-refractivity contribution in [3.05, 3.63) is 23.4 Å². The van der Waals surface area contributed by atoms with Gasteiger partial charge in [0.2, 0.25) is 5.75 Å². The minimum atomic E-state index is 0.511. The molecule has 4 nitrogen and oxygen atoms in total. The van der Waals surface area contributed by atoms with Crippen molar-refractivity contribution in [3.8, 4) is 17.2 Å². The third-order valence-electron chi connectivity index (χ3n) is 2.49. The molecule has 1 heterocycles. The summed E-state index contributed by atoms with van der Waals surface area (Å²) in [5.74, 6) is 1.59. The van der Waals surface area contributed by atoms with E-state index in [0.29, 0.717) is 27.8 Å². The highest BCUT2D eigenvalue weighted by atomic mass is 35.5. The van der Waals surface area contributed by atoms with Gasteiger partial charge in [0.25, 0.3) is 0 Å². The molecule has 1 aromatic carbocycles. The molecule has 17 heavy (non-hydrogen) atoms. The van der Waals surface area contributed by atoms with Crippen LogP contribution in [0.1, 0.15) is 0 Å². The number of aromatic nitrogens is 1. The smallest absolute Gasteiger partial charge is 0.205 e. The quantitative estimate of drug-likeness (QED) is 0.843. The Bertz CT molecular complexity index is 557. The highest BCUT2D eigenvalue weighted by Crippen LogP contribution is 2.43. The van der Waals surface area contributed by atoms with Gasteiger partial charge in [-0.05, 0) is 12.1 Å². The van der Waals surface area contributed by atoms with Crippen LogP contribution in [0.2, 0.25) is 5.02 Å². The van der Waals surface area contributed by atoms with Gasteiger partial charge in [-0.3, -0.25) is 4.98 Å². The fourth-order valence-corrected chi connectivity index (χ4v) is 1.92. The molecule has 1 aromatic heterocycles. The summed E-state index contributed by atoms with van der Waals surface area (Å²) in [6.45, 7) is 0. The van der Waals surface area contributed by atoms with Gasteiger partial charge in [0, 0.05) is 11.6 Å². The van der Waals surface area contributed by atoms with Crippen molar-refractivity contribution in [2.45, 2.75) is 0 Å². The van der Waals surface area contributed by atoms with Gasteiger partial charge in [0.1, 0.15) is 5.52 Å². The standard InChI is InChI=1S/C12H12ClNO3/c1-15-9-6-7-8(13)4-5-14-10(7)12(17-3)11(9)16-2/h4-6H,1-3H3. The van der Waals surface area contributed by atoms with Gasteiger partial charge in [-0.15, -0.1) is 0 Å². The lowest BCUT2D eigenvalue weighted by Gasteiger charge is -2.14. The van der Waals surface area contributed by atoms with Crippen LogP contribution < -0.4 is 14.2 Å². The summed E-state index contributed by atoms with van der Waals surface area (Å²) >= 11 is 6.12. The monoisotopic (exact) mass is 253 g/mol. The number of ether oxygens (including phenoxy) is 3.